The van der Waals surface area contributed by atoms with E-state index in [9.17, 15) is 0 Å². The molecule has 0 saturated heterocycles. The van der Waals surface area contributed by atoms with Crippen molar-refractivity contribution in [3.63, 3.8) is 0 Å². The van der Waals surface area contributed by atoms with Crippen molar-refractivity contribution >= 4 is 5.82 Å². The van der Waals surface area contributed by atoms with Crippen LogP contribution in [0.25, 0.3) is 0 Å². The van der Waals surface area contributed by atoms with Crippen molar-refractivity contribution in [3.8, 4) is 0 Å². The van der Waals surface area contributed by atoms with Crippen molar-refractivity contribution < 1.29 is 0 Å². The van der Waals surface area contributed by atoms with Crippen LogP contribution in [0, 0.1) is 0 Å². The molecule has 0 aliphatic heterocycles. The molecule has 2 heterocycles. The van der Waals surface area contributed by atoms with Gasteiger partial charge in [-0.15, -0.1) is 0 Å². The zero-order valence-electron chi connectivity index (χ0n) is 8.31. The van der Waals surface area contributed by atoms with Gasteiger partial charge < -0.3 is 5.32 Å². The number of aromatic nitrogens is 4. The Balaban J connectivity index is 1.94. The predicted molar refractivity (Wildman–Crippen MR) is 53.7 cm³/mol. The Kier molecular flexibility index (Phi) is 2.22. The molecule has 0 saturated carbocycles. The summed E-state index contributed by atoms with van der Waals surface area (Å²) in [5.74, 6) is 0.873. The fourth-order valence-corrected chi connectivity index (χ4v) is 1.25. The zero-order chi connectivity index (χ0) is 9.97. The van der Waals surface area contributed by atoms with Crippen LogP contribution in [0.1, 0.15) is 5.69 Å². The van der Waals surface area contributed by atoms with Crippen LogP contribution in [0.3, 0.4) is 0 Å². The molecule has 2 aromatic rings. The van der Waals surface area contributed by atoms with Crippen LogP contribution in [0.4, 0.5) is 5.82 Å². The molecule has 0 radical (unpaired) electrons. The number of aryl methyl sites for hydroxylation is 2. The molecule has 0 unspecified atom stereocenters. The monoisotopic (exact) mass is 191 g/mol. The van der Waals surface area contributed by atoms with E-state index in [0.29, 0.717) is 6.54 Å². The first kappa shape index (κ1) is 8.80. The second-order valence-electron chi connectivity index (χ2n) is 3.21. The highest BCUT2D eigenvalue weighted by Gasteiger charge is 1.98. The SMILES string of the molecule is Cn1ccc(CNc2ccn(C)n2)n1. The topological polar surface area (TPSA) is 47.7 Å². The van der Waals surface area contributed by atoms with E-state index >= 15 is 0 Å². The number of nitrogens with one attached hydrogen (secondary N) is 1. The van der Waals surface area contributed by atoms with Gasteiger partial charge in [0, 0.05) is 32.6 Å². The van der Waals surface area contributed by atoms with E-state index in [1.54, 1.807) is 9.36 Å². The lowest BCUT2D eigenvalue weighted by Gasteiger charge is -1.98. The van der Waals surface area contributed by atoms with Crippen LogP contribution in [-0.4, -0.2) is 19.6 Å². The Morgan fingerprint density at radius 1 is 1.14 bits per heavy atom. The summed E-state index contributed by atoms with van der Waals surface area (Å²) in [5.41, 5.74) is 1.01. The lowest BCUT2D eigenvalue weighted by Crippen LogP contribution is -2.02. The highest BCUT2D eigenvalue weighted by atomic mass is 15.3. The molecule has 0 amide bonds. The lowest BCUT2D eigenvalue weighted by molar-refractivity contribution is 0.743. The van der Waals surface area contributed by atoms with Crippen LogP contribution < -0.4 is 5.32 Å². The van der Waals surface area contributed by atoms with E-state index in [2.05, 4.69) is 15.5 Å². The molecule has 14 heavy (non-hydrogen) atoms. The van der Waals surface area contributed by atoms with Gasteiger partial charge in [0.05, 0.1) is 12.2 Å². The molecular formula is C9H13N5. The molecule has 1 N–H and O–H groups in total. The van der Waals surface area contributed by atoms with Gasteiger partial charge in [-0.3, -0.25) is 9.36 Å². The quantitative estimate of drug-likeness (QED) is 0.779. The Bertz CT molecular complexity index is 374. The molecule has 74 valence electrons. The molecule has 0 atom stereocenters. The Hall–Kier alpha value is -1.78. The van der Waals surface area contributed by atoms with Gasteiger partial charge in [-0.2, -0.15) is 10.2 Å². The molecule has 0 bridgehead atoms. The minimum absolute atomic E-state index is 0.706. The second kappa shape index (κ2) is 3.53. The van der Waals surface area contributed by atoms with Crippen molar-refractivity contribution in [2.24, 2.45) is 14.1 Å². The van der Waals surface area contributed by atoms with Gasteiger partial charge in [0.15, 0.2) is 0 Å². The van der Waals surface area contributed by atoms with Gasteiger partial charge in [0.2, 0.25) is 0 Å². The van der Waals surface area contributed by atoms with E-state index in [0.717, 1.165) is 11.5 Å². The second-order valence-corrected chi connectivity index (χ2v) is 3.21. The zero-order valence-corrected chi connectivity index (χ0v) is 8.31. The van der Waals surface area contributed by atoms with Crippen molar-refractivity contribution in [1.29, 1.82) is 0 Å². The number of hydrogen-bond donors (Lipinski definition) is 1. The van der Waals surface area contributed by atoms with Crippen LogP contribution in [0.2, 0.25) is 0 Å². The van der Waals surface area contributed by atoms with Crippen LogP contribution in [0.5, 0.6) is 0 Å². The molecule has 2 aromatic heterocycles. The Labute approximate surface area is 82.3 Å². The first-order chi connectivity index (χ1) is 6.74. The maximum atomic E-state index is 4.25. The molecule has 0 spiro atoms. The van der Waals surface area contributed by atoms with Crippen molar-refractivity contribution in [2.45, 2.75) is 6.54 Å². The van der Waals surface area contributed by atoms with E-state index < -0.39 is 0 Å². The van der Waals surface area contributed by atoms with Gasteiger partial charge >= 0.3 is 0 Å². The summed E-state index contributed by atoms with van der Waals surface area (Å²) in [4.78, 5) is 0. The molecule has 2 rings (SSSR count). The molecule has 0 aliphatic rings. The van der Waals surface area contributed by atoms with Gasteiger partial charge in [-0.25, -0.2) is 0 Å². The predicted octanol–water partition coefficient (Wildman–Crippen LogP) is 0.766. The minimum atomic E-state index is 0.706. The lowest BCUT2D eigenvalue weighted by atomic mass is 10.4. The molecule has 0 aliphatic carbocycles. The number of nitrogens with zero attached hydrogens (tertiary/aromatic N) is 4. The summed E-state index contributed by atoms with van der Waals surface area (Å²) in [5, 5.41) is 11.6. The normalized spacial score (nSPS) is 10.4. The fraction of sp³-hybridized carbons (Fsp3) is 0.333. The van der Waals surface area contributed by atoms with Gasteiger partial charge in [-0.1, -0.05) is 0 Å². The third kappa shape index (κ3) is 1.93. The summed E-state index contributed by atoms with van der Waals surface area (Å²) in [6.45, 7) is 0.706. The van der Waals surface area contributed by atoms with E-state index in [1.807, 2.05) is 38.6 Å². The van der Waals surface area contributed by atoms with E-state index in [4.69, 9.17) is 0 Å². The maximum Gasteiger partial charge on any atom is 0.148 e. The maximum absolute atomic E-state index is 4.25. The first-order valence-corrected chi connectivity index (χ1v) is 4.46. The highest BCUT2D eigenvalue weighted by Crippen LogP contribution is 2.03. The average Bonchev–Trinajstić information content (AvgIpc) is 2.72. The molecule has 0 aromatic carbocycles. The summed E-state index contributed by atoms with van der Waals surface area (Å²) < 4.78 is 3.55. The highest BCUT2D eigenvalue weighted by molar-refractivity contribution is 5.32. The molecule has 5 nitrogen and oxygen atoms in total. The Morgan fingerprint density at radius 3 is 2.43 bits per heavy atom. The average molecular weight is 191 g/mol. The van der Waals surface area contributed by atoms with Crippen molar-refractivity contribution in [3.05, 3.63) is 30.2 Å². The Morgan fingerprint density at radius 2 is 1.86 bits per heavy atom. The number of anilines is 1. The number of hydrogen-bond acceptors (Lipinski definition) is 3. The molecular weight excluding hydrogens is 178 g/mol. The van der Waals surface area contributed by atoms with Gasteiger partial charge in [-0.05, 0) is 6.07 Å². The molecule has 0 fully saturated rings. The molecule has 5 heteroatoms. The largest absolute Gasteiger partial charge is 0.363 e. The van der Waals surface area contributed by atoms with Crippen LogP contribution in [-0.2, 0) is 20.6 Å². The van der Waals surface area contributed by atoms with Crippen LogP contribution >= 0.6 is 0 Å². The standard InChI is InChI=1S/C9H13N5/c1-13-5-3-8(11-13)7-10-9-4-6-14(2)12-9/h3-6H,7H2,1-2H3,(H,10,12). The van der Waals surface area contributed by atoms with Crippen LogP contribution in [0.15, 0.2) is 24.5 Å². The van der Waals surface area contributed by atoms with E-state index in [-0.39, 0.29) is 0 Å². The third-order valence-corrected chi connectivity index (χ3v) is 1.93. The minimum Gasteiger partial charge on any atom is -0.363 e. The summed E-state index contributed by atoms with van der Waals surface area (Å²) in [6, 6.07) is 3.92. The fourth-order valence-electron chi connectivity index (χ4n) is 1.25. The smallest absolute Gasteiger partial charge is 0.148 e. The summed E-state index contributed by atoms with van der Waals surface area (Å²) in [6.07, 6.45) is 3.83. The third-order valence-electron chi connectivity index (χ3n) is 1.93. The van der Waals surface area contributed by atoms with Gasteiger partial charge in [0.1, 0.15) is 5.82 Å². The summed E-state index contributed by atoms with van der Waals surface area (Å²) >= 11 is 0. The van der Waals surface area contributed by atoms with Gasteiger partial charge in [0.25, 0.3) is 0 Å². The van der Waals surface area contributed by atoms with Crippen molar-refractivity contribution in [1.82, 2.24) is 19.6 Å². The summed E-state index contributed by atoms with van der Waals surface area (Å²) in [7, 11) is 3.80. The van der Waals surface area contributed by atoms with E-state index in [1.165, 1.54) is 0 Å². The van der Waals surface area contributed by atoms with Crippen molar-refractivity contribution in [2.75, 3.05) is 5.32 Å². The number of rotatable bonds is 3. The first-order valence-electron chi connectivity index (χ1n) is 4.46.